The lowest BCUT2D eigenvalue weighted by atomic mass is 9.90. The van der Waals surface area contributed by atoms with Gasteiger partial charge in [0.25, 0.3) is 0 Å². The van der Waals surface area contributed by atoms with Crippen molar-refractivity contribution >= 4 is 11.8 Å². The summed E-state index contributed by atoms with van der Waals surface area (Å²) in [6, 6.07) is 8.80. The van der Waals surface area contributed by atoms with E-state index in [0.29, 0.717) is 5.92 Å². The molecule has 16 heavy (non-hydrogen) atoms. The minimum atomic E-state index is 0.643. The van der Waals surface area contributed by atoms with Crippen LogP contribution in [0.3, 0.4) is 0 Å². The van der Waals surface area contributed by atoms with Crippen LogP contribution in [0.2, 0.25) is 0 Å². The van der Waals surface area contributed by atoms with Gasteiger partial charge >= 0.3 is 0 Å². The van der Waals surface area contributed by atoms with Gasteiger partial charge in [-0.2, -0.15) is 0 Å². The third-order valence-electron chi connectivity index (χ3n) is 3.69. The van der Waals surface area contributed by atoms with Gasteiger partial charge in [-0.1, -0.05) is 32.0 Å². The molecule has 1 nitrogen and oxygen atoms in total. The SMILES string of the molecule is CC(CN)C(C)CC1Cc2ccccc2S1. The Kier molecular flexibility index (Phi) is 3.93. The van der Waals surface area contributed by atoms with E-state index >= 15 is 0 Å². The Balaban J connectivity index is 1.92. The van der Waals surface area contributed by atoms with Gasteiger partial charge in [0, 0.05) is 10.1 Å². The summed E-state index contributed by atoms with van der Waals surface area (Å²) in [5.41, 5.74) is 7.26. The van der Waals surface area contributed by atoms with Crippen LogP contribution in [0.25, 0.3) is 0 Å². The molecule has 88 valence electrons. The summed E-state index contributed by atoms with van der Waals surface area (Å²) in [6.45, 7) is 5.41. The van der Waals surface area contributed by atoms with E-state index in [2.05, 4.69) is 49.9 Å². The third-order valence-corrected chi connectivity index (χ3v) is 5.04. The fraction of sp³-hybridized carbons (Fsp3) is 0.571. The van der Waals surface area contributed by atoms with E-state index in [9.17, 15) is 0 Å². The lowest BCUT2D eigenvalue weighted by molar-refractivity contribution is 0.369. The highest BCUT2D eigenvalue weighted by Gasteiger charge is 2.24. The lowest BCUT2D eigenvalue weighted by Crippen LogP contribution is -2.21. The van der Waals surface area contributed by atoms with E-state index in [0.717, 1.165) is 17.7 Å². The van der Waals surface area contributed by atoms with Crippen LogP contribution in [-0.4, -0.2) is 11.8 Å². The predicted octanol–water partition coefficient (Wildman–Crippen LogP) is 3.32. The maximum absolute atomic E-state index is 5.72. The second kappa shape index (κ2) is 5.24. The van der Waals surface area contributed by atoms with Gasteiger partial charge < -0.3 is 5.73 Å². The molecule has 0 bridgehead atoms. The van der Waals surface area contributed by atoms with Gasteiger partial charge in [-0.15, -0.1) is 11.8 Å². The van der Waals surface area contributed by atoms with Crippen LogP contribution in [0.1, 0.15) is 25.8 Å². The van der Waals surface area contributed by atoms with Crippen LogP contribution in [0, 0.1) is 11.8 Å². The summed E-state index contributed by atoms with van der Waals surface area (Å²) in [7, 11) is 0. The van der Waals surface area contributed by atoms with Gasteiger partial charge in [-0.05, 0) is 42.9 Å². The molecule has 0 saturated heterocycles. The maximum atomic E-state index is 5.72. The fourth-order valence-corrected chi connectivity index (χ4v) is 3.75. The number of benzene rings is 1. The molecule has 1 aromatic rings. The molecule has 1 aliphatic heterocycles. The first kappa shape index (κ1) is 12.0. The quantitative estimate of drug-likeness (QED) is 0.866. The van der Waals surface area contributed by atoms with Gasteiger partial charge in [0.15, 0.2) is 0 Å². The van der Waals surface area contributed by atoms with Crippen LogP contribution in [-0.2, 0) is 6.42 Å². The Morgan fingerprint density at radius 3 is 2.75 bits per heavy atom. The largest absolute Gasteiger partial charge is 0.330 e. The Hall–Kier alpha value is -0.470. The van der Waals surface area contributed by atoms with E-state index < -0.39 is 0 Å². The normalized spacial score (nSPS) is 22.8. The first-order valence-electron chi connectivity index (χ1n) is 6.15. The molecule has 3 unspecified atom stereocenters. The number of rotatable bonds is 4. The molecule has 0 amide bonds. The Bertz CT molecular complexity index is 325. The van der Waals surface area contributed by atoms with E-state index in [4.69, 9.17) is 5.73 Å². The van der Waals surface area contributed by atoms with Crippen LogP contribution >= 0.6 is 11.8 Å². The number of hydrogen-bond donors (Lipinski definition) is 1. The lowest BCUT2D eigenvalue weighted by Gasteiger charge is -2.21. The molecule has 3 atom stereocenters. The average molecular weight is 235 g/mol. The topological polar surface area (TPSA) is 26.0 Å². The molecule has 0 saturated carbocycles. The van der Waals surface area contributed by atoms with E-state index in [1.165, 1.54) is 23.3 Å². The second-order valence-electron chi connectivity index (χ2n) is 4.98. The summed E-state index contributed by atoms with van der Waals surface area (Å²) in [6.07, 6.45) is 2.53. The molecule has 1 aliphatic rings. The van der Waals surface area contributed by atoms with Crippen molar-refractivity contribution in [1.82, 2.24) is 0 Å². The zero-order chi connectivity index (χ0) is 11.5. The zero-order valence-corrected chi connectivity index (χ0v) is 11.0. The van der Waals surface area contributed by atoms with Crippen LogP contribution in [0.5, 0.6) is 0 Å². The van der Waals surface area contributed by atoms with Crippen molar-refractivity contribution in [3.05, 3.63) is 29.8 Å². The molecule has 0 fully saturated rings. The summed E-state index contributed by atoms with van der Waals surface area (Å²) >= 11 is 2.05. The number of fused-ring (bicyclic) bond motifs is 1. The number of nitrogens with two attached hydrogens (primary N) is 1. The van der Waals surface area contributed by atoms with Crippen LogP contribution in [0.15, 0.2) is 29.2 Å². The highest BCUT2D eigenvalue weighted by atomic mass is 32.2. The Labute approximate surface area is 103 Å². The Morgan fingerprint density at radius 2 is 2.06 bits per heavy atom. The highest BCUT2D eigenvalue weighted by molar-refractivity contribution is 8.00. The highest BCUT2D eigenvalue weighted by Crippen LogP contribution is 2.40. The van der Waals surface area contributed by atoms with Gasteiger partial charge in [0.1, 0.15) is 0 Å². The van der Waals surface area contributed by atoms with E-state index in [-0.39, 0.29) is 0 Å². The monoisotopic (exact) mass is 235 g/mol. The van der Waals surface area contributed by atoms with Crippen molar-refractivity contribution < 1.29 is 0 Å². The summed E-state index contributed by atoms with van der Waals surface area (Å²) in [5.74, 6) is 1.38. The van der Waals surface area contributed by atoms with Crippen molar-refractivity contribution in [2.24, 2.45) is 17.6 Å². The molecule has 0 radical (unpaired) electrons. The zero-order valence-electron chi connectivity index (χ0n) is 10.1. The molecule has 2 N–H and O–H groups in total. The first-order valence-corrected chi connectivity index (χ1v) is 7.03. The molecular formula is C14H21NS. The first-order chi connectivity index (χ1) is 7.70. The third kappa shape index (κ3) is 2.61. The minimum Gasteiger partial charge on any atom is -0.330 e. The summed E-state index contributed by atoms with van der Waals surface area (Å²) in [5, 5.41) is 0.765. The smallest absolute Gasteiger partial charge is 0.0138 e. The van der Waals surface area contributed by atoms with Gasteiger partial charge in [-0.25, -0.2) is 0 Å². The van der Waals surface area contributed by atoms with Crippen molar-refractivity contribution in [2.45, 2.75) is 36.8 Å². The summed E-state index contributed by atoms with van der Waals surface area (Å²) in [4.78, 5) is 1.49. The van der Waals surface area contributed by atoms with Gasteiger partial charge in [0.2, 0.25) is 0 Å². The van der Waals surface area contributed by atoms with Crippen LogP contribution < -0.4 is 5.73 Å². The predicted molar refractivity (Wildman–Crippen MR) is 71.8 cm³/mol. The van der Waals surface area contributed by atoms with Crippen molar-refractivity contribution in [2.75, 3.05) is 6.54 Å². The van der Waals surface area contributed by atoms with Crippen molar-refractivity contribution in [3.8, 4) is 0 Å². The van der Waals surface area contributed by atoms with Gasteiger partial charge in [-0.3, -0.25) is 0 Å². The number of thioether (sulfide) groups is 1. The second-order valence-corrected chi connectivity index (χ2v) is 6.32. The maximum Gasteiger partial charge on any atom is 0.0138 e. The molecule has 0 aromatic heterocycles. The summed E-state index contributed by atoms with van der Waals surface area (Å²) < 4.78 is 0. The molecule has 0 aliphatic carbocycles. The molecule has 2 rings (SSSR count). The molecule has 1 aromatic carbocycles. The molecular weight excluding hydrogens is 214 g/mol. The molecule has 0 spiro atoms. The van der Waals surface area contributed by atoms with Crippen molar-refractivity contribution in [3.63, 3.8) is 0 Å². The number of hydrogen-bond acceptors (Lipinski definition) is 2. The minimum absolute atomic E-state index is 0.643. The molecule has 1 heterocycles. The van der Waals surface area contributed by atoms with E-state index in [1.807, 2.05) is 0 Å². The van der Waals surface area contributed by atoms with E-state index in [1.54, 1.807) is 0 Å². The van der Waals surface area contributed by atoms with Gasteiger partial charge in [0.05, 0.1) is 0 Å². The van der Waals surface area contributed by atoms with Crippen LogP contribution in [0.4, 0.5) is 0 Å². The average Bonchev–Trinajstić information content (AvgIpc) is 2.69. The Morgan fingerprint density at radius 1 is 1.31 bits per heavy atom. The standard InChI is InChI=1S/C14H21NS/c1-10(11(2)9-15)7-13-8-12-5-3-4-6-14(12)16-13/h3-6,10-11,13H,7-9,15H2,1-2H3. The molecule has 2 heteroatoms. The van der Waals surface area contributed by atoms with Crippen molar-refractivity contribution in [1.29, 1.82) is 0 Å². The fourth-order valence-electron chi connectivity index (χ4n) is 2.26.